The van der Waals surface area contributed by atoms with Gasteiger partial charge < -0.3 is 10.5 Å². The van der Waals surface area contributed by atoms with Crippen molar-refractivity contribution in [2.45, 2.75) is 20.1 Å². The summed E-state index contributed by atoms with van der Waals surface area (Å²) < 4.78 is 7.54. The average molecular weight is 293 g/mol. The number of rotatable bonds is 6. The summed E-state index contributed by atoms with van der Waals surface area (Å²) in [4.78, 5) is 4.14. The molecule has 0 atom stereocenters. The van der Waals surface area contributed by atoms with Crippen molar-refractivity contribution >= 4 is 23.1 Å². The highest BCUT2D eigenvalue weighted by Gasteiger charge is 2.00. The van der Waals surface area contributed by atoms with Crippen LogP contribution < -0.4 is 10.5 Å². The molecule has 1 heterocycles. The second kappa shape index (κ2) is 6.96. The largest absolute Gasteiger partial charge is 0.489 e. The lowest BCUT2D eigenvalue weighted by atomic mass is 10.3. The van der Waals surface area contributed by atoms with Crippen LogP contribution in [0.15, 0.2) is 41.7 Å². The van der Waals surface area contributed by atoms with E-state index in [-0.39, 0.29) is 5.88 Å². The van der Waals surface area contributed by atoms with Gasteiger partial charge in [0.05, 0.1) is 17.8 Å². The Morgan fingerprint density at radius 1 is 1.40 bits per heavy atom. The average Bonchev–Trinajstić information content (AvgIpc) is 2.94. The molecule has 0 bridgehead atoms. The molecule has 2 rings (SSSR count). The quantitative estimate of drug-likeness (QED) is 0.506. The van der Waals surface area contributed by atoms with Crippen molar-refractivity contribution in [1.82, 2.24) is 9.78 Å². The number of aromatic nitrogens is 2. The van der Waals surface area contributed by atoms with E-state index in [1.54, 1.807) is 0 Å². The summed E-state index contributed by atoms with van der Waals surface area (Å²) in [7, 11) is 0. The van der Waals surface area contributed by atoms with Gasteiger partial charge in [0.2, 0.25) is 0 Å². The number of halogens is 1. The van der Waals surface area contributed by atoms with Gasteiger partial charge in [-0.1, -0.05) is 0 Å². The Morgan fingerprint density at radius 2 is 2.15 bits per heavy atom. The Hall–Kier alpha value is -2.01. The van der Waals surface area contributed by atoms with Crippen LogP contribution in [-0.2, 0) is 13.2 Å². The molecule has 106 valence electrons. The van der Waals surface area contributed by atoms with Crippen LogP contribution in [0.25, 0.3) is 0 Å². The molecule has 5 nitrogen and oxygen atoms in total. The number of hydrogen-bond donors (Lipinski definition) is 1. The first-order valence-corrected chi connectivity index (χ1v) is 6.88. The summed E-state index contributed by atoms with van der Waals surface area (Å²) in [6.07, 6.45) is 3.78. The summed E-state index contributed by atoms with van der Waals surface area (Å²) in [6, 6.07) is 7.38. The molecule has 0 amide bonds. The van der Waals surface area contributed by atoms with Crippen molar-refractivity contribution in [3.63, 3.8) is 0 Å². The zero-order chi connectivity index (χ0) is 14.4. The molecular weight excluding hydrogens is 276 g/mol. The third-order valence-electron chi connectivity index (χ3n) is 2.66. The predicted molar refractivity (Wildman–Crippen MR) is 80.7 cm³/mol. The topological polar surface area (TPSA) is 65.4 Å². The lowest BCUT2D eigenvalue weighted by Crippen LogP contribution is -2.12. The summed E-state index contributed by atoms with van der Waals surface area (Å²) >= 11 is 5.58. The number of ether oxygens (including phenoxy) is 1. The predicted octanol–water partition coefficient (Wildman–Crippen LogP) is 2.71. The fourth-order valence-electron chi connectivity index (χ4n) is 1.63. The maximum atomic E-state index is 5.68. The summed E-state index contributed by atoms with van der Waals surface area (Å²) in [5.74, 6) is 1.39. The first-order chi connectivity index (χ1) is 9.71. The highest BCUT2D eigenvalue weighted by atomic mass is 35.5. The molecule has 20 heavy (non-hydrogen) atoms. The van der Waals surface area contributed by atoms with Gasteiger partial charge in [0, 0.05) is 18.3 Å². The fourth-order valence-corrected chi connectivity index (χ4v) is 1.69. The van der Waals surface area contributed by atoms with Crippen molar-refractivity contribution in [3.8, 4) is 5.75 Å². The summed E-state index contributed by atoms with van der Waals surface area (Å²) in [6.45, 7) is 3.39. The van der Waals surface area contributed by atoms with Crippen molar-refractivity contribution in [1.29, 1.82) is 0 Å². The number of nitrogens with two attached hydrogens (primary N) is 1. The molecule has 0 fully saturated rings. The molecule has 0 spiro atoms. The van der Waals surface area contributed by atoms with Crippen molar-refractivity contribution in [2.24, 2.45) is 10.7 Å². The van der Waals surface area contributed by atoms with Crippen LogP contribution >= 0.6 is 11.6 Å². The van der Waals surface area contributed by atoms with Gasteiger partial charge in [-0.2, -0.15) is 5.10 Å². The molecule has 2 N–H and O–H groups in total. The van der Waals surface area contributed by atoms with Gasteiger partial charge in [-0.05, 0) is 31.2 Å². The highest BCUT2D eigenvalue weighted by molar-refractivity contribution is 6.28. The van der Waals surface area contributed by atoms with E-state index >= 15 is 0 Å². The van der Waals surface area contributed by atoms with Crippen molar-refractivity contribution in [2.75, 3.05) is 5.88 Å². The molecule has 0 unspecified atom stereocenters. The monoisotopic (exact) mass is 292 g/mol. The lowest BCUT2D eigenvalue weighted by molar-refractivity contribution is 0.306. The number of aliphatic imine (C=N–C) groups is 1. The van der Waals surface area contributed by atoms with E-state index in [4.69, 9.17) is 22.1 Å². The van der Waals surface area contributed by atoms with E-state index in [0.29, 0.717) is 12.4 Å². The Bertz CT molecular complexity index is 577. The summed E-state index contributed by atoms with van der Waals surface area (Å²) in [5, 5.41) is 4.20. The van der Waals surface area contributed by atoms with Gasteiger partial charge in [-0.15, -0.1) is 11.6 Å². The number of alkyl halides is 1. The molecule has 0 saturated carbocycles. The van der Waals surface area contributed by atoms with Crippen LogP contribution in [0, 0.1) is 0 Å². The van der Waals surface area contributed by atoms with Crippen LogP contribution in [-0.4, -0.2) is 21.5 Å². The lowest BCUT2D eigenvalue weighted by Gasteiger charge is -2.04. The molecule has 0 aliphatic rings. The molecule has 1 aromatic heterocycles. The second-order valence-corrected chi connectivity index (χ2v) is 4.49. The van der Waals surface area contributed by atoms with E-state index in [2.05, 4.69) is 10.1 Å². The number of nitrogens with zero attached hydrogens (tertiary/aromatic N) is 3. The van der Waals surface area contributed by atoms with Crippen molar-refractivity contribution in [3.05, 3.63) is 42.2 Å². The van der Waals surface area contributed by atoms with Crippen LogP contribution in [0.3, 0.4) is 0 Å². The number of benzene rings is 1. The first-order valence-electron chi connectivity index (χ1n) is 6.34. The molecule has 0 saturated heterocycles. The molecule has 1 aromatic carbocycles. The second-order valence-electron chi connectivity index (χ2n) is 4.22. The van der Waals surface area contributed by atoms with Gasteiger partial charge in [0.25, 0.3) is 0 Å². The summed E-state index contributed by atoms with van der Waals surface area (Å²) in [5.41, 5.74) is 7.37. The number of hydrogen-bond acceptors (Lipinski definition) is 3. The van der Waals surface area contributed by atoms with E-state index in [9.17, 15) is 0 Å². The molecule has 0 aliphatic carbocycles. The first kappa shape index (κ1) is 14.4. The smallest absolute Gasteiger partial charge is 0.119 e. The minimum atomic E-state index is 0.222. The molecule has 2 aromatic rings. The number of amidine groups is 1. The van der Waals surface area contributed by atoms with Gasteiger partial charge in [0.15, 0.2) is 0 Å². The minimum absolute atomic E-state index is 0.222. The van der Waals surface area contributed by atoms with Crippen LogP contribution in [0.1, 0.15) is 12.5 Å². The fraction of sp³-hybridized carbons (Fsp3) is 0.286. The molecular formula is C14H17ClN4O. The van der Waals surface area contributed by atoms with E-state index in [1.807, 2.05) is 48.3 Å². The van der Waals surface area contributed by atoms with Gasteiger partial charge in [-0.3, -0.25) is 4.68 Å². The third-order valence-corrected chi connectivity index (χ3v) is 2.94. The number of aryl methyl sites for hydroxylation is 1. The van der Waals surface area contributed by atoms with E-state index in [0.717, 1.165) is 23.5 Å². The Kier molecular flexibility index (Phi) is 5.01. The standard InChI is InChI=1S/C14H17ClN4O/c1-2-19-9-11(8-17-19)10-20-13-5-3-12(4-6-13)18-14(16)7-15/h3-6,8-9H,2,7,10H2,1H3,(H2,16,18). The molecule has 0 radical (unpaired) electrons. The van der Waals surface area contributed by atoms with Crippen LogP contribution in [0.5, 0.6) is 5.75 Å². The van der Waals surface area contributed by atoms with Gasteiger partial charge in [-0.25, -0.2) is 4.99 Å². The maximum Gasteiger partial charge on any atom is 0.119 e. The Labute approximate surface area is 123 Å². The minimum Gasteiger partial charge on any atom is -0.489 e. The van der Waals surface area contributed by atoms with Gasteiger partial charge in [0.1, 0.15) is 18.2 Å². The van der Waals surface area contributed by atoms with E-state index < -0.39 is 0 Å². The molecule has 6 heteroatoms. The zero-order valence-corrected chi connectivity index (χ0v) is 12.0. The van der Waals surface area contributed by atoms with E-state index in [1.165, 1.54) is 0 Å². The Morgan fingerprint density at radius 3 is 2.75 bits per heavy atom. The third kappa shape index (κ3) is 3.99. The van der Waals surface area contributed by atoms with Crippen LogP contribution in [0.4, 0.5) is 5.69 Å². The van der Waals surface area contributed by atoms with Crippen molar-refractivity contribution < 1.29 is 4.74 Å². The van der Waals surface area contributed by atoms with Crippen LogP contribution in [0.2, 0.25) is 0 Å². The van der Waals surface area contributed by atoms with Gasteiger partial charge >= 0.3 is 0 Å². The SMILES string of the molecule is CCn1cc(COc2ccc(N=C(N)CCl)cc2)cn1. The normalized spacial score (nSPS) is 11.6. The molecule has 0 aliphatic heterocycles. The maximum absolute atomic E-state index is 5.68. The highest BCUT2D eigenvalue weighted by Crippen LogP contribution is 2.19. The zero-order valence-electron chi connectivity index (χ0n) is 11.3. The Balaban J connectivity index is 1.93.